The van der Waals surface area contributed by atoms with E-state index in [1.54, 1.807) is 29.5 Å². The predicted molar refractivity (Wildman–Crippen MR) is 80.2 cm³/mol. The van der Waals surface area contributed by atoms with Crippen LogP contribution in [0.3, 0.4) is 0 Å². The van der Waals surface area contributed by atoms with Gasteiger partial charge in [-0.2, -0.15) is 0 Å². The number of para-hydroxylation sites is 1. The number of H-pyrrole nitrogens is 1. The molecular formula is C13H10N2O3S2. The van der Waals surface area contributed by atoms with Crippen molar-refractivity contribution < 1.29 is 9.53 Å². The lowest BCUT2D eigenvalue weighted by Gasteiger charge is -2.03. The molecule has 5 nitrogen and oxygen atoms in total. The van der Waals surface area contributed by atoms with Crippen molar-refractivity contribution in [3.05, 3.63) is 43.5 Å². The minimum absolute atomic E-state index is 0.251. The number of benzene rings is 1. The second kappa shape index (κ2) is 4.84. The van der Waals surface area contributed by atoms with Crippen LogP contribution in [0, 0.1) is 3.95 Å². The number of aromatic nitrogens is 2. The molecule has 1 N–H and O–H groups in total. The Hall–Kier alpha value is -1.99. The van der Waals surface area contributed by atoms with Crippen molar-refractivity contribution in [3.8, 4) is 0 Å². The molecule has 1 aromatic carbocycles. The number of carbonyl (C=O) groups excluding carboxylic acids is 1. The Morgan fingerprint density at radius 1 is 1.45 bits per heavy atom. The highest BCUT2D eigenvalue weighted by molar-refractivity contribution is 7.73. The fourth-order valence-electron chi connectivity index (χ4n) is 2.08. The number of hydrogen-bond donors (Lipinski definition) is 1. The number of thiazole rings is 1. The summed E-state index contributed by atoms with van der Waals surface area (Å²) in [5.41, 5.74) is 0.823. The maximum absolute atomic E-state index is 12.1. The van der Waals surface area contributed by atoms with Crippen molar-refractivity contribution in [2.45, 2.75) is 6.92 Å². The third-order valence-corrected chi connectivity index (χ3v) is 4.25. The molecule has 20 heavy (non-hydrogen) atoms. The van der Waals surface area contributed by atoms with Gasteiger partial charge in [0.15, 0.2) is 8.83 Å². The van der Waals surface area contributed by atoms with Crippen molar-refractivity contribution in [2.75, 3.05) is 6.61 Å². The molecule has 0 aliphatic heterocycles. The van der Waals surface area contributed by atoms with Gasteiger partial charge in [-0.1, -0.05) is 23.5 Å². The van der Waals surface area contributed by atoms with Crippen LogP contribution in [0.5, 0.6) is 0 Å². The molecule has 0 bridgehead atoms. The van der Waals surface area contributed by atoms with Crippen LogP contribution in [0.25, 0.3) is 16.6 Å². The lowest BCUT2D eigenvalue weighted by molar-refractivity contribution is 0.0533. The van der Waals surface area contributed by atoms with Gasteiger partial charge in [-0.25, -0.2) is 4.79 Å². The smallest absolute Gasteiger partial charge is 0.352 e. The first-order chi connectivity index (χ1) is 9.63. The summed E-state index contributed by atoms with van der Waals surface area (Å²) in [6, 6.07) is 7.13. The van der Waals surface area contributed by atoms with Gasteiger partial charge in [-0.3, -0.25) is 9.20 Å². The first-order valence-corrected chi connectivity index (χ1v) is 7.19. The van der Waals surface area contributed by atoms with E-state index < -0.39 is 5.97 Å². The van der Waals surface area contributed by atoms with Crippen LogP contribution < -0.4 is 5.56 Å². The normalized spacial score (nSPS) is 11.1. The average Bonchev–Trinajstić information content (AvgIpc) is 2.77. The van der Waals surface area contributed by atoms with Gasteiger partial charge in [0.2, 0.25) is 0 Å². The monoisotopic (exact) mass is 306 g/mol. The number of aromatic amines is 1. The van der Waals surface area contributed by atoms with E-state index in [1.165, 1.54) is 0 Å². The standard InChI is InChI=1S/C13H10N2O3S2/c1-2-18-12(17)9-10-14-11(16)7-5-3-4-6-8(7)15(10)13(19)20-9/h3-6H,2H2,1H3,(H,14,16). The zero-order chi connectivity index (χ0) is 14.3. The van der Waals surface area contributed by atoms with Crippen molar-refractivity contribution in [3.63, 3.8) is 0 Å². The fraction of sp³-hybridized carbons (Fsp3) is 0.154. The fourth-order valence-corrected chi connectivity index (χ4v) is 3.35. The lowest BCUT2D eigenvalue weighted by Crippen LogP contribution is -2.12. The minimum atomic E-state index is -0.475. The number of carbonyl (C=O) groups is 1. The highest BCUT2D eigenvalue weighted by Crippen LogP contribution is 2.23. The molecule has 0 spiro atoms. The Labute approximate surface area is 122 Å². The number of fused-ring (bicyclic) bond motifs is 3. The molecule has 3 rings (SSSR count). The molecular weight excluding hydrogens is 296 g/mol. The quantitative estimate of drug-likeness (QED) is 0.584. The van der Waals surface area contributed by atoms with Crippen LogP contribution in [0.4, 0.5) is 0 Å². The molecule has 7 heteroatoms. The summed E-state index contributed by atoms with van der Waals surface area (Å²) < 4.78 is 7.18. The van der Waals surface area contributed by atoms with Gasteiger partial charge in [0.25, 0.3) is 5.56 Å². The summed E-state index contributed by atoms with van der Waals surface area (Å²) in [6.07, 6.45) is 0. The Kier molecular flexibility index (Phi) is 3.15. The molecule has 0 amide bonds. The predicted octanol–water partition coefficient (Wildman–Crippen LogP) is 2.75. The third-order valence-electron chi connectivity index (χ3n) is 2.89. The molecule has 0 saturated carbocycles. The van der Waals surface area contributed by atoms with Crippen molar-refractivity contribution in [2.24, 2.45) is 0 Å². The van der Waals surface area contributed by atoms with Gasteiger partial charge >= 0.3 is 5.97 Å². The Balaban J connectivity index is 2.47. The Morgan fingerprint density at radius 2 is 2.20 bits per heavy atom. The van der Waals surface area contributed by atoms with Crippen molar-refractivity contribution in [1.82, 2.24) is 9.38 Å². The summed E-state index contributed by atoms with van der Waals surface area (Å²) >= 11 is 6.43. The van der Waals surface area contributed by atoms with Crippen LogP contribution >= 0.6 is 23.6 Å². The summed E-state index contributed by atoms with van der Waals surface area (Å²) in [5, 5.41) is 0.532. The van der Waals surface area contributed by atoms with E-state index in [0.29, 0.717) is 25.4 Å². The molecule has 0 aliphatic carbocycles. The molecule has 0 saturated heterocycles. The molecule has 2 heterocycles. The van der Waals surface area contributed by atoms with E-state index in [0.717, 1.165) is 11.3 Å². The van der Waals surface area contributed by atoms with Gasteiger partial charge in [0.05, 0.1) is 17.5 Å². The van der Waals surface area contributed by atoms with Crippen LogP contribution in [0.15, 0.2) is 29.1 Å². The number of nitrogens with one attached hydrogen (secondary N) is 1. The zero-order valence-corrected chi connectivity index (χ0v) is 12.1. The van der Waals surface area contributed by atoms with Crippen LogP contribution in [-0.2, 0) is 4.74 Å². The molecule has 0 unspecified atom stereocenters. The molecule has 0 aliphatic rings. The second-order valence-electron chi connectivity index (χ2n) is 4.07. The highest BCUT2D eigenvalue weighted by Gasteiger charge is 2.18. The number of esters is 1. The first-order valence-electron chi connectivity index (χ1n) is 5.97. The summed E-state index contributed by atoms with van der Waals surface area (Å²) in [4.78, 5) is 27.0. The molecule has 0 atom stereocenters. The number of rotatable bonds is 2. The highest BCUT2D eigenvalue weighted by atomic mass is 32.1. The zero-order valence-electron chi connectivity index (χ0n) is 10.5. The third kappa shape index (κ3) is 1.86. The lowest BCUT2D eigenvalue weighted by atomic mass is 10.2. The number of hydrogen-bond acceptors (Lipinski definition) is 5. The van der Waals surface area contributed by atoms with Crippen molar-refractivity contribution in [1.29, 1.82) is 0 Å². The van der Waals surface area contributed by atoms with E-state index in [9.17, 15) is 9.59 Å². The summed E-state index contributed by atoms with van der Waals surface area (Å²) in [7, 11) is 0. The van der Waals surface area contributed by atoms with E-state index in [-0.39, 0.29) is 12.2 Å². The van der Waals surface area contributed by atoms with Crippen molar-refractivity contribution >= 4 is 46.1 Å². The molecule has 0 radical (unpaired) electrons. The number of nitrogens with zero attached hydrogens (tertiary/aromatic N) is 1. The van der Waals surface area contributed by atoms with Gasteiger partial charge in [-0.15, -0.1) is 0 Å². The van der Waals surface area contributed by atoms with Gasteiger partial charge in [0.1, 0.15) is 5.65 Å². The van der Waals surface area contributed by atoms with Gasteiger partial charge in [-0.05, 0) is 31.3 Å². The summed E-state index contributed by atoms with van der Waals surface area (Å²) in [6.45, 7) is 2.00. The van der Waals surface area contributed by atoms with E-state index in [2.05, 4.69) is 4.98 Å². The minimum Gasteiger partial charge on any atom is -0.462 e. The maximum atomic E-state index is 12.1. The first kappa shape index (κ1) is 13.0. The number of ether oxygens (including phenoxy) is 1. The van der Waals surface area contributed by atoms with E-state index >= 15 is 0 Å². The summed E-state index contributed by atoms with van der Waals surface area (Å²) in [5.74, 6) is -0.475. The van der Waals surface area contributed by atoms with Crippen LogP contribution in [0.1, 0.15) is 16.6 Å². The molecule has 2 aromatic heterocycles. The Bertz CT molecular complexity index is 936. The molecule has 3 aromatic rings. The molecule has 0 fully saturated rings. The topological polar surface area (TPSA) is 63.6 Å². The van der Waals surface area contributed by atoms with Crippen LogP contribution in [0.2, 0.25) is 0 Å². The molecule has 102 valence electrons. The SMILES string of the molecule is CCOC(=O)c1sc(=S)n2c1[nH]c(=O)c1ccccc12. The van der Waals surface area contributed by atoms with Gasteiger partial charge < -0.3 is 9.72 Å². The maximum Gasteiger partial charge on any atom is 0.352 e. The average molecular weight is 306 g/mol. The van der Waals surface area contributed by atoms with E-state index in [1.807, 2.05) is 6.07 Å². The van der Waals surface area contributed by atoms with Gasteiger partial charge in [0, 0.05) is 0 Å². The van der Waals surface area contributed by atoms with Crippen LogP contribution in [-0.4, -0.2) is 22.0 Å². The Morgan fingerprint density at radius 3 is 2.95 bits per heavy atom. The second-order valence-corrected chi connectivity index (χ2v) is 5.72. The van der Waals surface area contributed by atoms with E-state index in [4.69, 9.17) is 17.0 Å². The largest absolute Gasteiger partial charge is 0.462 e.